The minimum Gasteiger partial charge on any atom is -0.479 e. The van der Waals surface area contributed by atoms with Crippen LogP contribution in [0.5, 0.6) is 11.5 Å². The van der Waals surface area contributed by atoms with Crippen molar-refractivity contribution in [3.05, 3.63) is 94.8 Å². The van der Waals surface area contributed by atoms with Crippen molar-refractivity contribution in [2.24, 2.45) is 5.92 Å². The van der Waals surface area contributed by atoms with Crippen LogP contribution in [0, 0.1) is 11.7 Å². The average Bonchev–Trinajstić information content (AvgIpc) is 3.63. The van der Waals surface area contributed by atoms with Crippen molar-refractivity contribution in [2.45, 2.75) is 37.0 Å². The highest BCUT2D eigenvalue weighted by atomic mass is 35.5. The van der Waals surface area contributed by atoms with Gasteiger partial charge in [0.15, 0.2) is 11.6 Å². The van der Waals surface area contributed by atoms with Crippen LogP contribution in [0.3, 0.4) is 0 Å². The molecule has 1 saturated carbocycles. The summed E-state index contributed by atoms with van der Waals surface area (Å²) in [6, 6.07) is 18.8. The van der Waals surface area contributed by atoms with Crippen LogP contribution in [-0.2, 0) is 11.2 Å². The Morgan fingerprint density at radius 3 is 2.36 bits per heavy atom. The molecule has 1 aliphatic carbocycles. The van der Waals surface area contributed by atoms with Crippen LogP contribution in [0.1, 0.15) is 29.9 Å². The molecule has 4 nitrogen and oxygen atoms in total. The number of para-hydroxylation sites is 1. The molecule has 0 radical (unpaired) electrons. The third kappa shape index (κ3) is 5.02. The van der Waals surface area contributed by atoms with Gasteiger partial charge in [-0.2, -0.15) is 0 Å². The number of aliphatic carboxylic acids is 1. The van der Waals surface area contributed by atoms with E-state index in [1.165, 1.54) is 12.1 Å². The summed E-state index contributed by atoms with van der Waals surface area (Å²) in [6.45, 7) is 0. The number of hydrogen-bond donors (Lipinski definition) is 2. The van der Waals surface area contributed by atoms with Gasteiger partial charge in [-0.05, 0) is 66.3 Å². The van der Waals surface area contributed by atoms with Crippen LogP contribution in [0.4, 0.5) is 8.78 Å². The lowest BCUT2D eigenvalue weighted by Crippen LogP contribution is -2.52. The number of benzene rings is 3. The lowest BCUT2D eigenvalue weighted by atomic mass is 9.75. The lowest BCUT2D eigenvalue weighted by Gasteiger charge is -2.35. The predicted octanol–water partition coefficient (Wildman–Crippen LogP) is 6.16. The Morgan fingerprint density at radius 2 is 1.76 bits per heavy atom. The molecule has 0 heterocycles. The van der Waals surface area contributed by atoms with Crippen LogP contribution in [-0.4, -0.2) is 28.0 Å². The quantitative estimate of drug-likeness (QED) is 0.391. The fourth-order valence-corrected chi connectivity index (χ4v) is 4.31. The van der Waals surface area contributed by atoms with E-state index in [4.69, 9.17) is 16.3 Å². The monoisotopic (exact) mass is 472 g/mol. The van der Waals surface area contributed by atoms with Gasteiger partial charge in [0.25, 0.3) is 0 Å². The number of carbonyl (C=O) groups is 1. The highest BCUT2D eigenvalue weighted by Crippen LogP contribution is 2.51. The van der Waals surface area contributed by atoms with Crippen molar-refractivity contribution in [1.29, 1.82) is 0 Å². The molecule has 172 valence electrons. The molecule has 2 unspecified atom stereocenters. The minimum absolute atomic E-state index is 0.0953. The first-order valence-corrected chi connectivity index (χ1v) is 11.0. The molecular weight excluding hydrogens is 450 g/mol. The maximum absolute atomic E-state index is 16.3. The first kappa shape index (κ1) is 23.2. The van der Waals surface area contributed by atoms with Crippen LogP contribution < -0.4 is 4.74 Å². The zero-order valence-corrected chi connectivity index (χ0v) is 18.4. The molecular formula is C26H23ClF2O4. The number of carboxylic acid groups (broad SMARTS) is 1. The zero-order valence-electron chi connectivity index (χ0n) is 17.6. The van der Waals surface area contributed by atoms with Gasteiger partial charge in [-0.1, -0.05) is 48.0 Å². The fraction of sp³-hybridized carbons (Fsp3) is 0.269. The van der Waals surface area contributed by atoms with Crippen LogP contribution in [0.15, 0.2) is 72.8 Å². The van der Waals surface area contributed by atoms with Crippen molar-refractivity contribution < 1.29 is 28.5 Å². The molecule has 3 aromatic rings. The maximum Gasteiger partial charge on any atom is 0.344 e. The number of alkyl halides is 1. The Balaban J connectivity index is 1.62. The van der Waals surface area contributed by atoms with E-state index >= 15 is 4.39 Å². The Kier molecular flexibility index (Phi) is 6.68. The standard InChI is InChI=1S/C26H23ClF2O4/c27-19-11-9-18(10-12-19)24(17-7-8-17)26(29,25(31)32)23(30)15-16-6-13-21(28)22(14-16)33-20-4-2-1-3-5-20/h1-6,9-14,17,23-24,30H,7-8,15H2,(H,31,32)/t23?,24-,26?/m0/s1. The average molecular weight is 473 g/mol. The predicted molar refractivity (Wildman–Crippen MR) is 121 cm³/mol. The van der Waals surface area contributed by atoms with Crippen molar-refractivity contribution in [2.75, 3.05) is 0 Å². The van der Waals surface area contributed by atoms with Crippen molar-refractivity contribution in [1.82, 2.24) is 0 Å². The van der Waals surface area contributed by atoms with E-state index in [2.05, 4.69) is 0 Å². The molecule has 2 N–H and O–H groups in total. The second-order valence-electron chi connectivity index (χ2n) is 8.34. The summed E-state index contributed by atoms with van der Waals surface area (Å²) in [5, 5.41) is 21.2. The molecule has 0 spiro atoms. The second-order valence-corrected chi connectivity index (χ2v) is 8.78. The number of rotatable bonds is 9. The van der Waals surface area contributed by atoms with Gasteiger partial charge in [-0.3, -0.25) is 0 Å². The van der Waals surface area contributed by atoms with Crippen LogP contribution >= 0.6 is 11.6 Å². The molecule has 7 heteroatoms. The number of aliphatic hydroxyl groups excluding tert-OH is 1. The first-order chi connectivity index (χ1) is 15.8. The van der Waals surface area contributed by atoms with E-state index in [0.29, 0.717) is 34.7 Å². The zero-order chi connectivity index (χ0) is 23.6. The molecule has 1 fully saturated rings. The SMILES string of the molecule is O=C(O)C(F)(C(O)Cc1ccc(F)c(Oc2ccccc2)c1)[C@H](c1ccc(Cl)cc1)C1CC1. The van der Waals surface area contributed by atoms with E-state index in [-0.39, 0.29) is 18.1 Å². The number of halogens is 3. The van der Waals surface area contributed by atoms with Crippen LogP contribution in [0.25, 0.3) is 0 Å². The van der Waals surface area contributed by atoms with Gasteiger partial charge < -0.3 is 14.9 Å². The van der Waals surface area contributed by atoms with Crippen molar-refractivity contribution in [3.63, 3.8) is 0 Å². The molecule has 3 aromatic carbocycles. The van der Waals surface area contributed by atoms with E-state index in [9.17, 15) is 19.4 Å². The van der Waals surface area contributed by atoms with E-state index in [1.54, 1.807) is 54.6 Å². The smallest absolute Gasteiger partial charge is 0.344 e. The van der Waals surface area contributed by atoms with E-state index < -0.39 is 29.5 Å². The van der Waals surface area contributed by atoms with Gasteiger partial charge in [0.1, 0.15) is 11.9 Å². The Labute approximate surface area is 195 Å². The summed E-state index contributed by atoms with van der Waals surface area (Å²) in [4.78, 5) is 12.2. The van der Waals surface area contributed by atoms with Crippen molar-refractivity contribution >= 4 is 17.6 Å². The number of carboxylic acids is 1. The maximum atomic E-state index is 16.3. The number of ether oxygens (including phenoxy) is 1. The summed E-state index contributed by atoms with van der Waals surface area (Å²) < 4.78 is 36.1. The molecule has 0 aliphatic heterocycles. The largest absolute Gasteiger partial charge is 0.479 e. The highest BCUT2D eigenvalue weighted by Gasteiger charge is 2.57. The Morgan fingerprint density at radius 1 is 1.09 bits per heavy atom. The Hall–Kier alpha value is -2.96. The molecule has 4 rings (SSSR count). The van der Waals surface area contributed by atoms with Gasteiger partial charge in [0.2, 0.25) is 5.67 Å². The van der Waals surface area contributed by atoms with E-state index in [0.717, 1.165) is 6.07 Å². The summed E-state index contributed by atoms with van der Waals surface area (Å²) in [5.74, 6) is -3.28. The number of hydrogen-bond acceptors (Lipinski definition) is 3. The number of aliphatic hydroxyl groups is 1. The first-order valence-electron chi connectivity index (χ1n) is 10.7. The van der Waals surface area contributed by atoms with Gasteiger partial charge in [0.05, 0.1) is 0 Å². The third-order valence-electron chi connectivity index (χ3n) is 5.98. The van der Waals surface area contributed by atoms with E-state index in [1.807, 2.05) is 0 Å². The van der Waals surface area contributed by atoms with Gasteiger partial charge >= 0.3 is 5.97 Å². The second kappa shape index (κ2) is 9.49. The summed E-state index contributed by atoms with van der Waals surface area (Å²) in [5.41, 5.74) is -2.12. The minimum atomic E-state index is -2.94. The molecule has 0 amide bonds. The molecule has 0 bridgehead atoms. The van der Waals surface area contributed by atoms with Gasteiger partial charge in [0, 0.05) is 17.4 Å². The van der Waals surface area contributed by atoms with Gasteiger partial charge in [-0.15, -0.1) is 0 Å². The molecule has 0 saturated heterocycles. The topological polar surface area (TPSA) is 66.8 Å². The third-order valence-corrected chi connectivity index (χ3v) is 6.24. The molecule has 1 aliphatic rings. The molecule has 0 aromatic heterocycles. The summed E-state index contributed by atoms with van der Waals surface area (Å²) >= 11 is 5.94. The fourth-order valence-electron chi connectivity index (χ4n) is 4.18. The normalized spacial score (nSPS) is 17.1. The molecule has 3 atom stereocenters. The lowest BCUT2D eigenvalue weighted by molar-refractivity contribution is -0.163. The summed E-state index contributed by atoms with van der Waals surface area (Å²) in [6.07, 6.45) is -0.855. The van der Waals surface area contributed by atoms with Crippen LogP contribution in [0.2, 0.25) is 5.02 Å². The molecule has 33 heavy (non-hydrogen) atoms. The Bertz CT molecular complexity index is 1120. The highest BCUT2D eigenvalue weighted by molar-refractivity contribution is 6.30. The van der Waals surface area contributed by atoms with Crippen molar-refractivity contribution in [3.8, 4) is 11.5 Å². The summed E-state index contributed by atoms with van der Waals surface area (Å²) in [7, 11) is 0. The van der Waals surface area contributed by atoms with Gasteiger partial charge in [-0.25, -0.2) is 13.6 Å².